The largest absolute Gasteiger partial charge is 1.00 e. The van der Waals surface area contributed by atoms with Gasteiger partial charge in [-0.15, -0.1) is 0 Å². The standard InChI is InChI=1S/C28H44O6S.CH4O4S.2Na/c1-17-19-8-11-27(5)20-9-13-28(24(29)30)15-14-25(2,3)16-21(28)18(20)6-7-23(27)26(19,4)12-10-22(17)34-35(31,32)33;1-5-6(2,3)4;;/h6,17,19-23H,7-16H2,1-5H3,(H,29,30)(H,31,32,33);1H3,(H,2,3,4);;/q;;2*+1/p-2/t17-,19?,20?,21+,22+,23?,26+,27+,28-;;;/m1.../s1. The van der Waals surface area contributed by atoms with Crippen molar-refractivity contribution < 1.29 is 103 Å². The van der Waals surface area contributed by atoms with Gasteiger partial charge in [-0.1, -0.05) is 46.3 Å². The second-order valence-corrected chi connectivity index (χ2v) is 16.8. The maximum atomic E-state index is 12.7. The van der Waals surface area contributed by atoms with Gasteiger partial charge < -0.3 is 14.2 Å². The summed E-state index contributed by atoms with van der Waals surface area (Å²) in [6.07, 6.45) is 10.9. The maximum absolute atomic E-state index is 12.7. The number of carboxylic acids is 1. The number of allylic oxidation sites excluding steroid dienone is 2. The molecule has 0 spiro atoms. The Morgan fingerprint density at radius 1 is 0.884 bits per heavy atom. The third kappa shape index (κ3) is 7.82. The summed E-state index contributed by atoms with van der Waals surface area (Å²) in [5.41, 5.74) is 1.20. The van der Waals surface area contributed by atoms with Crippen LogP contribution in [-0.2, 0) is 34.0 Å². The van der Waals surface area contributed by atoms with Crippen molar-refractivity contribution in [2.45, 2.75) is 105 Å². The Bertz CT molecular complexity index is 1290. The SMILES string of the molecule is COS(=O)(=O)[O-].C[C@@H]1C2CC[C@@]3(C)C4CC[C@@]5(C(=O)O)CCC(C)(C)C[C@H]5C4=CCC3[C@@]2(C)CC[C@@H]1OS(=O)(=O)[O-].[Na+].[Na+]. The quantitative estimate of drug-likeness (QED) is 0.171. The van der Waals surface area contributed by atoms with Crippen molar-refractivity contribution in [3.05, 3.63) is 11.6 Å². The molecule has 14 heteroatoms. The number of rotatable bonds is 4. The molecule has 5 aliphatic carbocycles. The Balaban J connectivity index is 0.000000735. The van der Waals surface area contributed by atoms with E-state index in [4.69, 9.17) is 4.18 Å². The molecule has 0 aromatic heterocycles. The average molecular weight is 665 g/mol. The van der Waals surface area contributed by atoms with Crippen LogP contribution >= 0.6 is 0 Å². The summed E-state index contributed by atoms with van der Waals surface area (Å²) in [6, 6.07) is 0. The summed E-state index contributed by atoms with van der Waals surface area (Å²) >= 11 is 0. The van der Waals surface area contributed by atoms with Gasteiger partial charge >= 0.3 is 65.1 Å². The molecule has 0 aliphatic heterocycles. The Morgan fingerprint density at radius 2 is 1.47 bits per heavy atom. The minimum atomic E-state index is -4.71. The van der Waals surface area contributed by atoms with E-state index < -0.39 is 38.3 Å². The van der Waals surface area contributed by atoms with Crippen LogP contribution < -0.4 is 59.1 Å². The molecular weight excluding hydrogens is 618 g/mol. The van der Waals surface area contributed by atoms with E-state index in [0.29, 0.717) is 24.2 Å². The summed E-state index contributed by atoms with van der Waals surface area (Å²) in [7, 11) is -8.31. The molecule has 5 aliphatic rings. The van der Waals surface area contributed by atoms with Crippen molar-refractivity contribution in [3.8, 4) is 0 Å². The first-order valence-electron chi connectivity index (χ1n) is 14.8. The normalized spacial score (nSPS) is 41.5. The molecule has 0 heterocycles. The number of carboxylic acid groups (broad SMARTS) is 1. The van der Waals surface area contributed by atoms with Gasteiger partial charge in [0.1, 0.15) is 0 Å². The first kappa shape index (κ1) is 40.1. The summed E-state index contributed by atoms with van der Waals surface area (Å²) in [4.78, 5) is 12.7. The van der Waals surface area contributed by atoms with E-state index in [2.05, 4.69) is 44.9 Å². The Labute approximate surface area is 302 Å². The van der Waals surface area contributed by atoms with Crippen LogP contribution in [0, 0.1) is 51.2 Å². The summed E-state index contributed by atoms with van der Waals surface area (Å²) < 4.78 is 70.0. The van der Waals surface area contributed by atoms with Gasteiger partial charge in [-0.3, -0.25) is 13.2 Å². The van der Waals surface area contributed by atoms with Crippen molar-refractivity contribution in [1.82, 2.24) is 0 Å². The van der Waals surface area contributed by atoms with Crippen molar-refractivity contribution in [2.75, 3.05) is 7.11 Å². The zero-order chi connectivity index (χ0) is 30.8. The maximum Gasteiger partial charge on any atom is 1.00 e. The Hall–Kier alpha value is 0.950. The average Bonchev–Trinajstić information content (AvgIpc) is 2.84. The van der Waals surface area contributed by atoms with E-state index in [1.54, 1.807) is 0 Å². The van der Waals surface area contributed by atoms with Crippen LogP contribution in [0.4, 0.5) is 0 Å². The van der Waals surface area contributed by atoms with E-state index in [0.717, 1.165) is 64.9 Å². The molecule has 4 saturated carbocycles. The summed E-state index contributed by atoms with van der Waals surface area (Å²) in [5.74, 6) is 0.793. The van der Waals surface area contributed by atoms with Crippen LogP contribution in [0.5, 0.6) is 0 Å². The van der Waals surface area contributed by atoms with Crippen LogP contribution in [0.3, 0.4) is 0 Å². The number of hydrogen-bond donors (Lipinski definition) is 1. The van der Waals surface area contributed by atoms with Gasteiger partial charge in [0.2, 0.25) is 20.8 Å². The van der Waals surface area contributed by atoms with Crippen LogP contribution in [0.15, 0.2) is 11.6 Å². The van der Waals surface area contributed by atoms with Gasteiger partial charge in [0.15, 0.2) is 0 Å². The number of hydrogen-bond acceptors (Lipinski definition) is 9. The van der Waals surface area contributed by atoms with Gasteiger partial charge in [0.25, 0.3) is 0 Å². The fraction of sp³-hybridized carbons (Fsp3) is 0.897. The van der Waals surface area contributed by atoms with Crippen molar-refractivity contribution in [2.24, 2.45) is 51.2 Å². The van der Waals surface area contributed by atoms with Crippen LogP contribution in [0.1, 0.15) is 98.8 Å². The predicted molar refractivity (Wildman–Crippen MR) is 149 cm³/mol. The second-order valence-electron chi connectivity index (χ2n) is 14.6. The minimum Gasteiger partial charge on any atom is -0.726 e. The van der Waals surface area contributed by atoms with E-state index in [9.17, 15) is 35.8 Å². The minimum absolute atomic E-state index is 0. The molecular formula is C29H46Na2O10S2. The zero-order valence-corrected chi connectivity index (χ0v) is 32.7. The molecule has 5 rings (SSSR count). The van der Waals surface area contributed by atoms with Crippen LogP contribution in [0.2, 0.25) is 0 Å². The number of fused-ring (bicyclic) bond motifs is 7. The van der Waals surface area contributed by atoms with Crippen molar-refractivity contribution in [1.29, 1.82) is 0 Å². The molecule has 10 nitrogen and oxygen atoms in total. The van der Waals surface area contributed by atoms with Crippen molar-refractivity contribution >= 4 is 26.8 Å². The summed E-state index contributed by atoms with van der Waals surface area (Å²) in [5, 5.41) is 10.4. The molecule has 0 radical (unpaired) electrons. The zero-order valence-electron chi connectivity index (χ0n) is 27.1. The molecule has 0 amide bonds. The Kier molecular flexibility index (Phi) is 12.9. The first-order chi connectivity index (χ1) is 18.7. The molecule has 9 atom stereocenters. The van der Waals surface area contributed by atoms with E-state index in [1.165, 1.54) is 5.57 Å². The monoisotopic (exact) mass is 664 g/mol. The molecule has 43 heavy (non-hydrogen) atoms. The topological polar surface area (TPSA) is 170 Å². The molecule has 0 saturated heterocycles. The predicted octanol–water partition coefficient (Wildman–Crippen LogP) is -0.961. The molecule has 0 aromatic rings. The smallest absolute Gasteiger partial charge is 0.726 e. The molecule has 236 valence electrons. The van der Waals surface area contributed by atoms with Gasteiger partial charge in [-0.25, -0.2) is 16.8 Å². The number of carbonyl (C=O) groups is 1. The van der Waals surface area contributed by atoms with Gasteiger partial charge in [0, 0.05) is 0 Å². The van der Waals surface area contributed by atoms with E-state index >= 15 is 0 Å². The number of aliphatic carboxylic acids is 1. The third-order valence-corrected chi connectivity index (χ3v) is 13.1. The second kappa shape index (κ2) is 13.8. The first-order valence-corrected chi connectivity index (χ1v) is 17.4. The van der Waals surface area contributed by atoms with E-state index in [1.807, 2.05) is 0 Å². The van der Waals surface area contributed by atoms with Crippen LogP contribution in [-0.4, -0.2) is 50.2 Å². The van der Waals surface area contributed by atoms with Crippen LogP contribution in [0.25, 0.3) is 0 Å². The molecule has 4 fully saturated rings. The third-order valence-electron chi connectivity index (χ3n) is 12.2. The molecule has 1 N–H and O–H groups in total. The Morgan fingerprint density at radius 3 is 2.00 bits per heavy atom. The van der Waals surface area contributed by atoms with Gasteiger partial charge in [-0.05, 0) is 110 Å². The van der Waals surface area contributed by atoms with E-state index in [-0.39, 0.29) is 87.2 Å². The van der Waals surface area contributed by atoms with Crippen molar-refractivity contribution in [3.63, 3.8) is 0 Å². The molecule has 3 unspecified atom stereocenters. The van der Waals surface area contributed by atoms with Gasteiger partial charge in [-0.2, -0.15) is 0 Å². The fourth-order valence-corrected chi connectivity index (χ4v) is 10.7. The molecule has 0 aromatic carbocycles. The van der Waals surface area contributed by atoms with Gasteiger partial charge in [0.05, 0.1) is 18.6 Å². The fourth-order valence-electron chi connectivity index (χ4n) is 10.2. The summed E-state index contributed by atoms with van der Waals surface area (Å²) in [6.45, 7) is 11.5. The molecule has 0 bridgehead atoms.